The van der Waals surface area contributed by atoms with Crippen molar-refractivity contribution in [3.8, 4) is 17.2 Å². The summed E-state index contributed by atoms with van der Waals surface area (Å²) < 4.78 is 14.8. The molecular weight excluding hydrogens is 406 g/mol. The SMILES string of the molecule is CCCc1c(C)c2cc(OC3=CCC(C)C=C3)ccc2n1-c1ccc(OC2CCCC2)cc1. The zero-order valence-corrected chi connectivity index (χ0v) is 20.1. The van der Waals surface area contributed by atoms with Crippen molar-refractivity contribution in [3.05, 3.63) is 77.7 Å². The summed E-state index contributed by atoms with van der Waals surface area (Å²) in [6.07, 6.45) is 15.0. The summed E-state index contributed by atoms with van der Waals surface area (Å²) in [4.78, 5) is 0. The maximum atomic E-state index is 6.21. The van der Waals surface area contributed by atoms with Gasteiger partial charge in [0.25, 0.3) is 0 Å². The molecule has 1 unspecified atom stereocenters. The lowest BCUT2D eigenvalue weighted by Gasteiger charge is -2.15. The molecule has 1 aromatic heterocycles. The first-order valence-corrected chi connectivity index (χ1v) is 12.6. The Kier molecular flexibility index (Phi) is 6.30. The van der Waals surface area contributed by atoms with Gasteiger partial charge in [-0.15, -0.1) is 0 Å². The van der Waals surface area contributed by atoms with Gasteiger partial charge in [0.05, 0.1) is 11.6 Å². The van der Waals surface area contributed by atoms with E-state index in [1.807, 2.05) is 0 Å². The van der Waals surface area contributed by atoms with E-state index in [9.17, 15) is 0 Å². The standard InChI is InChI=1S/C30H35NO2/c1-4-7-29-22(3)28-20-27(33-25-14-10-21(2)11-15-25)18-19-30(28)31(29)23-12-16-26(17-13-23)32-24-8-5-6-9-24/h10,12-21,24H,4-9,11H2,1-3H3. The van der Waals surface area contributed by atoms with E-state index in [2.05, 4.69) is 86.0 Å². The Labute approximate surface area is 197 Å². The fourth-order valence-corrected chi connectivity index (χ4v) is 5.17. The number of allylic oxidation sites excluding steroid dienone is 3. The first-order valence-electron chi connectivity index (χ1n) is 12.6. The Morgan fingerprint density at radius 2 is 1.76 bits per heavy atom. The van der Waals surface area contributed by atoms with Crippen LogP contribution in [0.5, 0.6) is 11.5 Å². The second kappa shape index (κ2) is 9.51. The van der Waals surface area contributed by atoms with E-state index in [0.29, 0.717) is 12.0 Å². The fraction of sp³-hybridized carbons (Fsp3) is 0.400. The molecule has 33 heavy (non-hydrogen) atoms. The van der Waals surface area contributed by atoms with Crippen LogP contribution in [-0.2, 0) is 6.42 Å². The van der Waals surface area contributed by atoms with E-state index in [1.165, 1.54) is 53.5 Å². The quantitative estimate of drug-likeness (QED) is 0.370. The summed E-state index contributed by atoms with van der Waals surface area (Å²) in [7, 11) is 0. The van der Waals surface area contributed by atoms with E-state index < -0.39 is 0 Å². The normalized spacial score (nSPS) is 18.6. The van der Waals surface area contributed by atoms with Gasteiger partial charge in [-0.2, -0.15) is 0 Å². The maximum Gasteiger partial charge on any atom is 0.128 e. The van der Waals surface area contributed by atoms with Crippen LogP contribution >= 0.6 is 0 Å². The van der Waals surface area contributed by atoms with Crippen molar-refractivity contribution < 1.29 is 9.47 Å². The minimum atomic E-state index is 0.386. The van der Waals surface area contributed by atoms with Crippen LogP contribution in [0.3, 0.4) is 0 Å². The molecule has 172 valence electrons. The van der Waals surface area contributed by atoms with Crippen molar-refractivity contribution in [1.82, 2.24) is 4.57 Å². The third kappa shape index (κ3) is 4.59. The van der Waals surface area contributed by atoms with Gasteiger partial charge in [-0.3, -0.25) is 0 Å². The van der Waals surface area contributed by atoms with Gasteiger partial charge in [-0.05, 0) is 112 Å². The molecular formula is C30H35NO2. The van der Waals surface area contributed by atoms with Crippen molar-refractivity contribution in [3.63, 3.8) is 0 Å². The Balaban J connectivity index is 1.47. The fourth-order valence-electron chi connectivity index (χ4n) is 5.17. The second-order valence-electron chi connectivity index (χ2n) is 9.63. The van der Waals surface area contributed by atoms with E-state index in [1.54, 1.807) is 0 Å². The highest BCUT2D eigenvalue weighted by molar-refractivity contribution is 5.88. The van der Waals surface area contributed by atoms with Gasteiger partial charge in [0.2, 0.25) is 0 Å². The van der Waals surface area contributed by atoms with Crippen LogP contribution in [0, 0.1) is 12.8 Å². The molecule has 0 spiro atoms. The molecule has 1 atom stereocenters. The molecule has 1 fully saturated rings. The highest BCUT2D eigenvalue weighted by atomic mass is 16.5. The van der Waals surface area contributed by atoms with Crippen molar-refractivity contribution in [2.45, 2.75) is 71.8 Å². The molecule has 2 aromatic carbocycles. The lowest BCUT2D eigenvalue weighted by molar-refractivity contribution is 0.210. The van der Waals surface area contributed by atoms with E-state index in [0.717, 1.165) is 36.5 Å². The van der Waals surface area contributed by atoms with Crippen molar-refractivity contribution in [2.24, 2.45) is 5.92 Å². The zero-order valence-electron chi connectivity index (χ0n) is 20.1. The van der Waals surface area contributed by atoms with Crippen LogP contribution in [0.25, 0.3) is 16.6 Å². The van der Waals surface area contributed by atoms with Gasteiger partial charge in [0.15, 0.2) is 0 Å². The third-order valence-corrected chi connectivity index (χ3v) is 7.02. The van der Waals surface area contributed by atoms with Gasteiger partial charge in [-0.25, -0.2) is 0 Å². The monoisotopic (exact) mass is 441 g/mol. The lowest BCUT2D eigenvalue weighted by atomic mass is 10.0. The van der Waals surface area contributed by atoms with Gasteiger partial charge < -0.3 is 14.0 Å². The van der Waals surface area contributed by atoms with E-state index in [-0.39, 0.29) is 0 Å². The number of ether oxygens (including phenoxy) is 2. The molecule has 1 heterocycles. The van der Waals surface area contributed by atoms with E-state index >= 15 is 0 Å². The van der Waals surface area contributed by atoms with E-state index in [4.69, 9.17) is 9.47 Å². The predicted octanol–water partition coefficient (Wildman–Crippen LogP) is 8.07. The molecule has 0 N–H and O–H groups in total. The summed E-state index contributed by atoms with van der Waals surface area (Å²) in [6.45, 7) is 6.72. The van der Waals surface area contributed by atoms with Gasteiger partial charge in [-0.1, -0.05) is 26.3 Å². The summed E-state index contributed by atoms with van der Waals surface area (Å²) in [5.74, 6) is 3.41. The minimum absolute atomic E-state index is 0.386. The Bertz CT molecular complexity index is 1180. The molecule has 0 bridgehead atoms. The lowest BCUT2D eigenvalue weighted by Crippen LogP contribution is -2.10. The van der Waals surface area contributed by atoms with Crippen molar-refractivity contribution in [2.75, 3.05) is 0 Å². The Morgan fingerprint density at radius 1 is 1.00 bits per heavy atom. The molecule has 3 nitrogen and oxygen atoms in total. The molecule has 0 aliphatic heterocycles. The van der Waals surface area contributed by atoms with Gasteiger partial charge >= 0.3 is 0 Å². The second-order valence-corrected chi connectivity index (χ2v) is 9.63. The number of benzene rings is 2. The maximum absolute atomic E-state index is 6.21. The molecule has 3 heteroatoms. The first kappa shape index (κ1) is 21.9. The highest BCUT2D eigenvalue weighted by Gasteiger charge is 2.18. The molecule has 0 saturated heterocycles. The minimum Gasteiger partial charge on any atom is -0.490 e. The number of hydrogen-bond acceptors (Lipinski definition) is 2. The molecule has 2 aliphatic carbocycles. The molecule has 1 saturated carbocycles. The molecule has 0 amide bonds. The average molecular weight is 442 g/mol. The number of hydrogen-bond donors (Lipinski definition) is 0. The molecule has 3 aromatic rings. The van der Waals surface area contributed by atoms with Gasteiger partial charge in [0.1, 0.15) is 17.3 Å². The first-order chi connectivity index (χ1) is 16.1. The highest BCUT2D eigenvalue weighted by Crippen LogP contribution is 2.34. The van der Waals surface area contributed by atoms with Crippen LogP contribution in [0.1, 0.15) is 63.6 Å². The van der Waals surface area contributed by atoms with Crippen LogP contribution in [0.4, 0.5) is 0 Å². The number of fused-ring (bicyclic) bond motifs is 1. The third-order valence-electron chi connectivity index (χ3n) is 7.02. The van der Waals surface area contributed by atoms with Crippen LogP contribution < -0.4 is 9.47 Å². The Morgan fingerprint density at radius 3 is 2.45 bits per heavy atom. The van der Waals surface area contributed by atoms with Gasteiger partial charge in [0, 0.05) is 16.8 Å². The average Bonchev–Trinajstić information content (AvgIpc) is 3.43. The van der Waals surface area contributed by atoms with Crippen LogP contribution in [0.2, 0.25) is 0 Å². The molecule has 2 aliphatic rings. The van der Waals surface area contributed by atoms with Crippen LogP contribution in [-0.4, -0.2) is 10.7 Å². The number of nitrogens with zero attached hydrogens (tertiary/aromatic N) is 1. The molecule has 0 radical (unpaired) electrons. The Hall–Kier alpha value is -2.94. The zero-order chi connectivity index (χ0) is 22.8. The topological polar surface area (TPSA) is 23.4 Å². The molecule has 5 rings (SSSR count). The number of rotatable bonds is 7. The van der Waals surface area contributed by atoms with Crippen molar-refractivity contribution in [1.29, 1.82) is 0 Å². The summed E-state index contributed by atoms with van der Waals surface area (Å²) in [6, 6.07) is 15.2. The number of aryl methyl sites for hydroxylation is 1. The number of aromatic nitrogens is 1. The van der Waals surface area contributed by atoms with Crippen LogP contribution in [0.15, 0.2) is 66.5 Å². The predicted molar refractivity (Wildman–Crippen MR) is 137 cm³/mol. The summed E-state index contributed by atoms with van der Waals surface area (Å²) in [5.41, 5.74) is 5.13. The summed E-state index contributed by atoms with van der Waals surface area (Å²) in [5, 5.41) is 1.26. The smallest absolute Gasteiger partial charge is 0.128 e. The van der Waals surface area contributed by atoms with Crippen molar-refractivity contribution >= 4 is 10.9 Å². The summed E-state index contributed by atoms with van der Waals surface area (Å²) >= 11 is 0. The largest absolute Gasteiger partial charge is 0.490 e.